The van der Waals surface area contributed by atoms with Crippen molar-refractivity contribution in [1.82, 2.24) is 9.97 Å². The number of para-hydroxylation sites is 2. The van der Waals surface area contributed by atoms with E-state index in [1.807, 2.05) is 24.4 Å². The molecule has 3 heterocycles. The molecule has 0 atom stereocenters. The van der Waals surface area contributed by atoms with Crippen molar-refractivity contribution in [1.29, 1.82) is 0 Å². The van der Waals surface area contributed by atoms with Crippen LogP contribution in [0.1, 0.15) is 11.1 Å². The first-order chi connectivity index (χ1) is 26.1. The molecule has 0 aliphatic heterocycles. The maximum Gasteiger partial charge on any atom is 0.144 e. The van der Waals surface area contributed by atoms with Gasteiger partial charge in [-0.15, -0.1) is 0 Å². The fourth-order valence-corrected chi connectivity index (χ4v) is 8.72. The lowest BCUT2D eigenvalue weighted by atomic mass is 9.87. The van der Waals surface area contributed by atoms with Crippen LogP contribution in [-0.2, 0) is 0 Å². The van der Waals surface area contributed by atoms with E-state index in [2.05, 4.69) is 147 Å². The highest BCUT2D eigenvalue weighted by Gasteiger charge is 2.19. The molecule has 0 spiro atoms. The van der Waals surface area contributed by atoms with Crippen molar-refractivity contribution in [3.63, 3.8) is 0 Å². The van der Waals surface area contributed by atoms with E-state index >= 15 is 0 Å². The molecule has 11 aromatic rings. The van der Waals surface area contributed by atoms with Gasteiger partial charge in [0.2, 0.25) is 0 Å². The Balaban J connectivity index is 1.09. The Morgan fingerprint density at radius 1 is 0.453 bits per heavy atom. The average Bonchev–Trinajstić information content (AvgIpc) is 3.59. The number of aryl methyl sites for hydroxylation is 2. The van der Waals surface area contributed by atoms with Crippen LogP contribution in [0.25, 0.3) is 110 Å². The van der Waals surface area contributed by atoms with Crippen LogP contribution in [0.4, 0.5) is 0 Å². The van der Waals surface area contributed by atoms with Crippen molar-refractivity contribution in [2.45, 2.75) is 13.8 Å². The number of hydrogen-bond donors (Lipinski definition) is 0. The first kappa shape index (κ1) is 29.8. The summed E-state index contributed by atoms with van der Waals surface area (Å²) >= 11 is 0. The van der Waals surface area contributed by atoms with Crippen molar-refractivity contribution in [3.05, 3.63) is 169 Å². The van der Waals surface area contributed by atoms with E-state index < -0.39 is 0 Å². The van der Waals surface area contributed by atoms with Gasteiger partial charge in [0.25, 0.3) is 0 Å². The lowest BCUT2D eigenvalue weighted by Crippen LogP contribution is -1.93. The number of benzene rings is 8. The van der Waals surface area contributed by atoms with E-state index in [1.165, 1.54) is 54.9 Å². The Morgan fingerprint density at radius 3 is 1.98 bits per heavy atom. The molecule has 0 radical (unpaired) electrons. The minimum absolute atomic E-state index is 0.899. The molecule has 0 N–H and O–H groups in total. The molecule has 0 aliphatic rings. The van der Waals surface area contributed by atoms with Crippen molar-refractivity contribution in [3.8, 4) is 33.5 Å². The van der Waals surface area contributed by atoms with Crippen molar-refractivity contribution >= 4 is 76.1 Å². The summed E-state index contributed by atoms with van der Waals surface area (Å²) < 4.78 is 6.55. The molecule has 8 aromatic carbocycles. The van der Waals surface area contributed by atoms with Gasteiger partial charge >= 0.3 is 0 Å². The second-order valence-corrected chi connectivity index (χ2v) is 14.2. The molecule has 3 nitrogen and oxygen atoms in total. The number of nitrogens with zero attached hydrogens (tertiary/aromatic N) is 2. The van der Waals surface area contributed by atoms with E-state index in [4.69, 9.17) is 14.4 Å². The van der Waals surface area contributed by atoms with Gasteiger partial charge in [-0.2, -0.15) is 0 Å². The maximum atomic E-state index is 6.55. The van der Waals surface area contributed by atoms with Crippen LogP contribution >= 0.6 is 0 Å². The molecule has 0 saturated heterocycles. The largest absolute Gasteiger partial charge is 0.455 e. The van der Waals surface area contributed by atoms with Gasteiger partial charge in [0.15, 0.2) is 0 Å². The summed E-state index contributed by atoms with van der Waals surface area (Å²) in [5.41, 5.74) is 13.2. The van der Waals surface area contributed by atoms with Crippen molar-refractivity contribution < 1.29 is 4.42 Å². The fraction of sp³-hybridized carbons (Fsp3) is 0.0400. The van der Waals surface area contributed by atoms with Crippen LogP contribution in [-0.4, -0.2) is 9.97 Å². The zero-order chi connectivity index (χ0) is 35.2. The number of aromatic nitrogens is 2. The van der Waals surface area contributed by atoms with E-state index in [0.29, 0.717) is 0 Å². The highest BCUT2D eigenvalue weighted by molar-refractivity contribution is 6.25. The number of rotatable bonds is 3. The smallest absolute Gasteiger partial charge is 0.144 e. The summed E-state index contributed by atoms with van der Waals surface area (Å²) in [6.07, 6.45) is 1.89. The van der Waals surface area contributed by atoms with Gasteiger partial charge < -0.3 is 4.42 Å². The van der Waals surface area contributed by atoms with Gasteiger partial charge in [0, 0.05) is 49.5 Å². The Hall–Kier alpha value is -6.84. The second-order valence-electron chi connectivity index (χ2n) is 14.2. The lowest BCUT2D eigenvalue weighted by molar-refractivity contribution is 0.673. The van der Waals surface area contributed by atoms with Gasteiger partial charge in [-0.1, -0.05) is 121 Å². The van der Waals surface area contributed by atoms with Crippen LogP contribution in [0.3, 0.4) is 0 Å². The lowest BCUT2D eigenvalue weighted by Gasteiger charge is -2.17. The molecule has 0 bridgehead atoms. The minimum Gasteiger partial charge on any atom is -0.455 e. The third-order valence-electron chi connectivity index (χ3n) is 11.2. The Labute approximate surface area is 305 Å². The van der Waals surface area contributed by atoms with E-state index in [1.54, 1.807) is 0 Å². The van der Waals surface area contributed by atoms with Crippen molar-refractivity contribution in [2.75, 3.05) is 0 Å². The van der Waals surface area contributed by atoms with Crippen molar-refractivity contribution in [2.24, 2.45) is 0 Å². The summed E-state index contributed by atoms with van der Waals surface area (Å²) in [6, 6.07) is 54.4. The normalized spacial score (nSPS) is 12.0. The van der Waals surface area contributed by atoms with E-state index in [0.717, 1.165) is 65.8 Å². The predicted molar refractivity (Wildman–Crippen MR) is 223 cm³/mol. The number of pyridine rings is 2. The molecular formula is C50H32N2O. The van der Waals surface area contributed by atoms with Crippen LogP contribution < -0.4 is 0 Å². The monoisotopic (exact) mass is 676 g/mol. The first-order valence-corrected chi connectivity index (χ1v) is 18.2. The number of furan rings is 1. The highest BCUT2D eigenvalue weighted by atomic mass is 16.3. The minimum atomic E-state index is 0.899. The van der Waals surface area contributed by atoms with Gasteiger partial charge in [-0.05, 0) is 93.7 Å². The molecule has 3 heteroatoms. The Bertz CT molecular complexity index is 3300. The van der Waals surface area contributed by atoms with Crippen LogP contribution in [0, 0.1) is 13.8 Å². The zero-order valence-electron chi connectivity index (χ0n) is 29.3. The molecule has 0 amide bonds. The van der Waals surface area contributed by atoms with Crippen LogP contribution in [0.5, 0.6) is 0 Å². The fourth-order valence-electron chi connectivity index (χ4n) is 8.72. The van der Waals surface area contributed by atoms with Crippen LogP contribution in [0.15, 0.2) is 162 Å². The molecule has 53 heavy (non-hydrogen) atoms. The summed E-state index contributed by atoms with van der Waals surface area (Å²) in [5.74, 6) is 0. The zero-order valence-corrected chi connectivity index (χ0v) is 29.3. The third-order valence-corrected chi connectivity index (χ3v) is 11.2. The third kappa shape index (κ3) is 4.41. The first-order valence-electron chi connectivity index (χ1n) is 18.2. The van der Waals surface area contributed by atoms with Crippen LogP contribution in [0.2, 0.25) is 0 Å². The number of hydrogen-bond acceptors (Lipinski definition) is 3. The summed E-state index contributed by atoms with van der Waals surface area (Å²) in [5, 5.41) is 11.7. The quantitative estimate of drug-likeness (QED) is 0.175. The van der Waals surface area contributed by atoms with Gasteiger partial charge in [0.1, 0.15) is 11.2 Å². The standard InChI is InChI=1S/C50H32N2O/c1-29-10-7-15-37-35(42-28-33-12-9-27-51-49(33)46-30(2)11-8-16-38(42)46)24-23-34(45(29)37)31-19-21-32(22-20-31)48-41-26-25-39-36-13-4-6-18-44(36)53-50(39)47(41)40-14-3-5-17-43(40)52-48/h3-28H,1-2H3. The van der Waals surface area contributed by atoms with Gasteiger partial charge in [-0.25, -0.2) is 4.98 Å². The topological polar surface area (TPSA) is 38.9 Å². The molecule has 0 aliphatic carbocycles. The summed E-state index contributed by atoms with van der Waals surface area (Å²) in [4.78, 5) is 10.1. The van der Waals surface area contributed by atoms with Gasteiger partial charge in [-0.3, -0.25) is 4.98 Å². The maximum absolute atomic E-state index is 6.55. The molecule has 3 aromatic heterocycles. The van der Waals surface area contributed by atoms with Gasteiger partial charge in [0.05, 0.1) is 16.7 Å². The number of fused-ring (bicyclic) bond motifs is 11. The highest BCUT2D eigenvalue weighted by Crippen LogP contribution is 2.44. The SMILES string of the molecule is Cc1cccc2c(-c3cc4cccnc4c4c(C)cccc34)ccc(-c3ccc(-c4nc5ccccc5c5c4ccc4c6ccccc6oc45)cc3)c12. The molecule has 248 valence electrons. The van der Waals surface area contributed by atoms with E-state index in [-0.39, 0.29) is 0 Å². The Kier molecular flexibility index (Phi) is 6.38. The molecule has 0 saturated carbocycles. The molecule has 0 unspecified atom stereocenters. The average molecular weight is 677 g/mol. The Morgan fingerprint density at radius 2 is 1.13 bits per heavy atom. The second kappa shape index (κ2) is 11.3. The molecular weight excluding hydrogens is 645 g/mol. The van der Waals surface area contributed by atoms with E-state index in [9.17, 15) is 0 Å². The molecule has 11 rings (SSSR count). The summed E-state index contributed by atoms with van der Waals surface area (Å²) in [7, 11) is 0. The summed E-state index contributed by atoms with van der Waals surface area (Å²) in [6.45, 7) is 4.41. The molecule has 0 fully saturated rings. The predicted octanol–water partition coefficient (Wildman–Crippen LogP) is 13.8.